The molecule has 2 aromatic carbocycles. The number of halogens is 2. The summed E-state index contributed by atoms with van der Waals surface area (Å²) in [6, 6.07) is 9.75. The first-order chi connectivity index (χ1) is 9.10. The van der Waals surface area contributed by atoms with Crippen molar-refractivity contribution in [1.82, 2.24) is 0 Å². The van der Waals surface area contributed by atoms with E-state index in [0.717, 1.165) is 11.1 Å². The van der Waals surface area contributed by atoms with Crippen LogP contribution in [0.3, 0.4) is 0 Å². The zero-order valence-electron chi connectivity index (χ0n) is 10.5. The SMILES string of the molecule is Cc1ccc(COc2ccc(F)cc2CO)c(Cl)c1. The minimum atomic E-state index is -0.398. The highest BCUT2D eigenvalue weighted by molar-refractivity contribution is 6.31. The fourth-order valence-electron chi connectivity index (χ4n) is 1.74. The second kappa shape index (κ2) is 6.04. The van der Waals surface area contributed by atoms with Crippen LogP contribution in [0.2, 0.25) is 5.02 Å². The molecule has 0 atom stereocenters. The number of benzene rings is 2. The summed E-state index contributed by atoms with van der Waals surface area (Å²) in [4.78, 5) is 0. The molecule has 0 saturated heterocycles. The molecule has 0 heterocycles. The molecule has 0 aliphatic rings. The quantitative estimate of drug-likeness (QED) is 0.921. The second-order valence-corrected chi connectivity index (χ2v) is 4.70. The van der Waals surface area contributed by atoms with Crippen LogP contribution in [0.5, 0.6) is 5.75 Å². The van der Waals surface area contributed by atoms with Crippen molar-refractivity contribution in [3.8, 4) is 5.75 Å². The minimum Gasteiger partial charge on any atom is -0.488 e. The maximum absolute atomic E-state index is 13.0. The van der Waals surface area contributed by atoms with Gasteiger partial charge in [0.05, 0.1) is 6.61 Å². The van der Waals surface area contributed by atoms with Crippen molar-refractivity contribution in [1.29, 1.82) is 0 Å². The molecule has 0 unspecified atom stereocenters. The molecule has 0 bridgehead atoms. The number of hydrogen-bond acceptors (Lipinski definition) is 2. The van der Waals surface area contributed by atoms with Crippen molar-refractivity contribution < 1.29 is 14.2 Å². The Morgan fingerprint density at radius 2 is 1.95 bits per heavy atom. The summed E-state index contributed by atoms with van der Waals surface area (Å²) in [5, 5.41) is 9.79. The van der Waals surface area contributed by atoms with Gasteiger partial charge in [0.1, 0.15) is 18.2 Å². The van der Waals surface area contributed by atoms with E-state index in [9.17, 15) is 4.39 Å². The third-order valence-corrected chi connectivity index (χ3v) is 3.14. The van der Waals surface area contributed by atoms with Gasteiger partial charge in [-0.2, -0.15) is 0 Å². The summed E-state index contributed by atoms with van der Waals surface area (Å²) in [6.07, 6.45) is 0. The van der Waals surface area contributed by atoms with Crippen LogP contribution in [0.15, 0.2) is 36.4 Å². The maximum Gasteiger partial charge on any atom is 0.125 e. The molecule has 19 heavy (non-hydrogen) atoms. The van der Waals surface area contributed by atoms with Gasteiger partial charge in [-0.1, -0.05) is 23.7 Å². The molecule has 100 valence electrons. The third kappa shape index (κ3) is 3.46. The van der Waals surface area contributed by atoms with Gasteiger partial charge in [0.2, 0.25) is 0 Å². The van der Waals surface area contributed by atoms with E-state index in [4.69, 9.17) is 21.4 Å². The van der Waals surface area contributed by atoms with Gasteiger partial charge in [-0.15, -0.1) is 0 Å². The van der Waals surface area contributed by atoms with Crippen molar-refractivity contribution in [2.45, 2.75) is 20.1 Å². The molecular formula is C15H14ClFO2. The molecule has 0 aliphatic carbocycles. The molecule has 0 fully saturated rings. The smallest absolute Gasteiger partial charge is 0.125 e. The molecule has 0 spiro atoms. The van der Waals surface area contributed by atoms with Crippen molar-refractivity contribution in [2.24, 2.45) is 0 Å². The first kappa shape index (κ1) is 13.8. The predicted octanol–water partition coefficient (Wildman–Crippen LogP) is 3.86. The number of ether oxygens (including phenoxy) is 1. The van der Waals surface area contributed by atoms with E-state index in [0.29, 0.717) is 16.3 Å². The van der Waals surface area contributed by atoms with Crippen LogP contribution in [0, 0.1) is 12.7 Å². The van der Waals surface area contributed by atoms with Crippen LogP contribution in [-0.2, 0) is 13.2 Å². The van der Waals surface area contributed by atoms with Gasteiger partial charge in [0, 0.05) is 16.1 Å². The van der Waals surface area contributed by atoms with E-state index >= 15 is 0 Å². The number of aryl methyl sites for hydroxylation is 1. The number of hydrogen-bond donors (Lipinski definition) is 1. The van der Waals surface area contributed by atoms with E-state index in [2.05, 4.69) is 0 Å². The van der Waals surface area contributed by atoms with Crippen molar-refractivity contribution in [3.63, 3.8) is 0 Å². The second-order valence-electron chi connectivity index (χ2n) is 4.29. The highest BCUT2D eigenvalue weighted by atomic mass is 35.5. The lowest BCUT2D eigenvalue weighted by Crippen LogP contribution is -2.00. The zero-order valence-corrected chi connectivity index (χ0v) is 11.2. The number of aliphatic hydroxyl groups is 1. The molecule has 0 aliphatic heterocycles. The van der Waals surface area contributed by atoms with Crippen molar-refractivity contribution in [2.75, 3.05) is 0 Å². The normalized spacial score (nSPS) is 10.5. The van der Waals surface area contributed by atoms with Crippen LogP contribution in [0.1, 0.15) is 16.7 Å². The molecule has 0 radical (unpaired) electrons. The van der Waals surface area contributed by atoms with Crippen molar-refractivity contribution in [3.05, 3.63) is 63.9 Å². The van der Waals surface area contributed by atoms with Crippen LogP contribution in [-0.4, -0.2) is 5.11 Å². The Morgan fingerprint density at radius 1 is 1.16 bits per heavy atom. The van der Waals surface area contributed by atoms with Gasteiger partial charge in [0.15, 0.2) is 0 Å². The first-order valence-electron chi connectivity index (χ1n) is 5.87. The van der Waals surface area contributed by atoms with Crippen LogP contribution in [0.25, 0.3) is 0 Å². The lowest BCUT2D eigenvalue weighted by molar-refractivity contribution is 0.258. The topological polar surface area (TPSA) is 29.5 Å². The molecule has 2 aromatic rings. The fourth-order valence-corrected chi connectivity index (χ4v) is 2.03. The zero-order chi connectivity index (χ0) is 13.8. The Labute approximate surface area is 116 Å². The minimum absolute atomic E-state index is 0.269. The third-order valence-electron chi connectivity index (χ3n) is 2.78. The van der Waals surface area contributed by atoms with Crippen molar-refractivity contribution >= 4 is 11.6 Å². The Balaban J connectivity index is 2.14. The lowest BCUT2D eigenvalue weighted by Gasteiger charge is -2.11. The maximum atomic E-state index is 13.0. The van der Waals surface area contributed by atoms with Gasteiger partial charge in [-0.3, -0.25) is 0 Å². The Bertz CT molecular complexity index is 584. The molecule has 0 aromatic heterocycles. The fraction of sp³-hybridized carbons (Fsp3) is 0.200. The summed E-state index contributed by atoms with van der Waals surface area (Å²) in [5.74, 6) is 0.0605. The Morgan fingerprint density at radius 3 is 2.63 bits per heavy atom. The summed E-state index contributed by atoms with van der Waals surface area (Å²) in [5.41, 5.74) is 2.34. The first-order valence-corrected chi connectivity index (χ1v) is 6.25. The molecule has 0 saturated carbocycles. The highest BCUT2D eigenvalue weighted by Gasteiger charge is 2.06. The summed E-state index contributed by atoms with van der Waals surface area (Å²) in [7, 11) is 0. The summed E-state index contributed by atoms with van der Waals surface area (Å²) in [6.45, 7) is 1.97. The predicted molar refractivity (Wildman–Crippen MR) is 72.8 cm³/mol. The monoisotopic (exact) mass is 280 g/mol. The van der Waals surface area contributed by atoms with E-state index in [-0.39, 0.29) is 13.2 Å². The molecule has 0 amide bonds. The number of rotatable bonds is 4. The van der Waals surface area contributed by atoms with E-state index in [1.165, 1.54) is 18.2 Å². The molecule has 4 heteroatoms. The van der Waals surface area contributed by atoms with E-state index in [1.807, 2.05) is 25.1 Å². The molecular weight excluding hydrogens is 267 g/mol. The van der Waals surface area contributed by atoms with Gasteiger partial charge >= 0.3 is 0 Å². The molecule has 2 nitrogen and oxygen atoms in total. The molecule has 1 N–H and O–H groups in total. The Kier molecular flexibility index (Phi) is 4.40. The summed E-state index contributed by atoms with van der Waals surface area (Å²) >= 11 is 6.11. The van der Waals surface area contributed by atoms with Crippen LogP contribution < -0.4 is 4.74 Å². The average Bonchev–Trinajstić information content (AvgIpc) is 2.39. The van der Waals surface area contributed by atoms with Gasteiger partial charge in [-0.25, -0.2) is 4.39 Å². The van der Waals surface area contributed by atoms with E-state index in [1.54, 1.807) is 0 Å². The number of aliphatic hydroxyl groups excluding tert-OH is 1. The van der Waals surface area contributed by atoms with E-state index < -0.39 is 5.82 Å². The summed E-state index contributed by atoms with van der Waals surface area (Å²) < 4.78 is 18.6. The van der Waals surface area contributed by atoms with Gasteiger partial charge < -0.3 is 9.84 Å². The van der Waals surface area contributed by atoms with Crippen LogP contribution in [0.4, 0.5) is 4.39 Å². The molecule has 2 rings (SSSR count). The van der Waals surface area contributed by atoms with Crippen LogP contribution >= 0.6 is 11.6 Å². The Hall–Kier alpha value is -1.58. The van der Waals surface area contributed by atoms with Gasteiger partial charge in [0.25, 0.3) is 0 Å². The highest BCUT2D eigenvalue weighted by Crippen LogP contribution is 2.23. The standard InChI is InChI=1S/C15H14ClFO2/c1-10-2-3-11(14(16)6-10)9-19-15-5-4-13(17)7-12(15)8-18/h2-7,18H,8-9H2,1H3. The van der Waals surface area contributed by atoms with Gasteiger partial charge in [-0.05, 0) is 36.8 Å². The largest absolute Gasteiger partial charge is 0.488 e. The lowest BCUT2D eigenvalue weighted by atomic mass is 10.1. The average molecular weight is 281 g/mol.